The summed E-state index contributed by atoms with van der Waals surface area (Å²) in [5, 5.41) is 0.487. The van der Waals surface area contributed by atoms with E-state index in [-0.39, 0.29) is 34.2 Å². The fourth-order valence-corrected chi connectivity index (χ4v) is 5.51. The van der Waals surface area contributed by atoms with E-state index >= 15 is 0 Å². The summed E-state index contributed by atoms with van der Waals surface area (Å²) in [7, 11) is 0. The first kappa shape index (κ1) is 20.3. The zero-order valence-electron chi connectivity index (χ0n) is 16.1. The van der Waals surface area contributed by atoms with Gasteiger partial charge in [0.1, 0.15) is 0 Å². The molecule has 0 spiro atoms. The van der Waals surface area contributed by atoms with Crippen molar-refractivity contribution in [3.63, 3.8) is 0 Å². The molecule has 5 rings (SSSR count). The molecule has 0 N–H and O–H groups in total. The van der Waals surface area contributed by atoms with Crippen LogP contribution < -0.4 is 4.90 Å². The molecule has 160 valence electrons. The van der Waals surface area contributed by atoms with E-state index < -0.39 is 11.7 Å². The van der Waals surface area contributed by atoms with Crippen LogP contribution in [0, 0.1) is 0 Å². The van der Waals surface area contributed by atoms with Crippen molar-refractivity contribution in [1.29, 1.82) is 0 Å². The first-order chi connectivity index (χ1) is 14.9. The molecular weight excluding hydrogens is 447 g/mol. The van der Waals surface area contributed by atoms with Gasteiger partial charge < -0.3 is 4.74 Å². The van der Waals surface area contributed by atoms with Crippen molar-refractivity contribution < 1.29 is 22.7 Å². The Morgan fingerprint density at radius 3 is 2.65 bits per heavy atom. The quantitative estimate of drug-likeness (QED) is 0.387. The maximum atomic E-state index is 13.5. The van der Waals surface area contributed by atoms with Gasteiger partial charge in [0.15, 0.2) is 10.1 Å². The molecule has 1 aliphatic rings. The highest BCUT2D eigenvalue weighted by atomic mass is 32.1. The SMILES string of the molecule is O=C(c1nc2ccccc2s1)N(C[C@@H]1CCCO1)c1nc2c(C(F)(F)F)cccc2s1. The van der Waals surface area contributed by atoms with Gasteiger partial charge in [-0.2, -0.15) is 13.2 Å². The van der Waals surface area contributed by atoms with E-state index in [4.69, 9.17) is 4.74 Å². The third kappa shape index (κ3) is 3.90. The molecule has 1 atom stereocenters. The van der Waals surface area contributed by atoms with Crippen molar-refractivity contribution >= 4 is 54.1 Å². The number of anilines is 1. The average Bonchev–Trinajstić information content (AvgIpc) is 3.49. The molecule has 1 aliphatic heterocycles. The first-order valence-electron chi connectivity index (χ1n) is 9.66. The fourth-order valence-electron chi connectivity index (χ4n) is 3.60. The van der Waals surface area contributed by atoms with Gasteiger partial charge in [0.25, 0.3) is 5.91 Å². The zero-order chi connectivity index (χ0) is 21.6. The number of hydrogen-bond acceptors (Lipinski definition) is 6. The van der Waals surface area contributed by atoms with E-state index in [0.29, 0.717) is 16.8 Å². The minimum Gasteiger partial charge on any atom is -0.376 e. The number of aromatic nitrogens is 2. The Kier molecular flexibility index (Phi) is 5.15. The Balaban J connectivity index is 1.58. The number of amides is 1. The van der Waals surface area contributed by atoms with E-state index in [1.54, 1.807) is 6.07 Å². The fraction of sp³-hybridized carbons (Fsp3) is 0.286. The Morgan fingerprint density at radius 2 is 1.90 bits per heavy atom. The molecule has 1 saturated heterocycles. The first-order valence-corrected chi connectivity index (χ1v) is 11.3. The number of para-hydroxylation sites is 2. The maximum Gasteiger partial charge on any atom is 0.418 e. The standard InChI is InChI=1S/C21H16F3N3O2S2/c22-21(23,24)13-6-3-9-16-17(13)26-20(31-16)27(11-12-5-4-10-29-12)19(28)18-25-14-7-1-2-8-15(14)30-18/h1-3,6-9,12H,4-5,10-11H2/t12-/m0/s1. The van der Waals surface area contributed by atoms with Crippen LogP contribution in [0.1, 0.15) is 28.2 Å². The lowest BCUT2D eigenvalue weighted by atomic mass is 10.2. The lowest BCUT2D eigenvalue weighted by Crippen LogP contribution is -2.37. The van der Waals surface area contributed by atoms with Gasteiger partial charge in [-0.05, 0) is 37.1 Å². The number of halogens is 3. The van der Waals surface area contributed by atoms with Crippen LogP contribution in [0.2, 0.25) is 0 Å². The predicted octanol–water partition coefficient (Wildman–Crippen LogP) is 5.75. The van der Waals surface area contributed by atoms with Crippen molar-refractivity contribution in [2.45, 2.75) is 25.1 Å². The van der Waals surface area contributed by atoms with Crippen LogP contribution in [0.4, 0.5) is 18.3 Å². The van der Waals surface area contributed by atoms with Crippen LogP contribution in [0.5, 0.6) is 0 Å². The molecule has 0 unspecified atom stereocenters. The van der Waals surface area contributed by atoms with Gasteiger partial charge in [-0.1, -0.05) is 29.5 Å². The molecule has 10 heteroatoms. The number of thiazole rings is 2. The molecule has 0 aliphatic carbocycles. The third-order valence-electron chi connectivity index (χ3n) is 5.08. The number of nitrogens with zero attached hydrogens (tertiary/aromatic N) is 3. The molecule has 31 heavy (non-hydrogen) atoms. The van der Waals surface area contributed by atoms with E-state index in [0.717, 1.165) is 34.9 Å². The number of fused-ring (bicyclic) bond motifs is 2. The molecule has 4 aromatic rings. The normalized spacial score (nSPS) is 16.9. The van der Waals surface area contributed by atoms with Gasteiger partial charge in [0.2, 0.25) is 0 Å². The monoisotopic (exact) mass is 463 g/mol. The Hall–Kier alpha value is -2.56. The molecule has 1 fully saturated rings. The molecule has 3 heterocycles. The minimum atomic E-state index is -4.53. The number of benzene rings is 2. The van der Waals surface area contributed by atoms with Crippen LogP contribution in [0.25, 0.3) is 20.4 Å². The molecular formula is C21H16F3N3O2S2. The smallest absolute Gasteiger partial charge is 0.376 e. The van der Waals surface area contributed by atoms with Crippen molar-refractivity contribution in [3.8, 4) is 0 Å². The Labute approximate surface area is 183 Å². The minimum absolute atomic E-state index is 0.149. The summed E-state index contributed by atoms with van der Waals surface area (Å²) in [5.74, 6) is -0.385. The molecule has 2 aromatic heterocycles. The van der Waals surface area contributed by atoms with E-state index in [9.17, 15) is 18.0 Å². The maximum absolute atomic E-state index is 13.5. The Morgan fingerprint density at radius 1 is 1.10 bits per heavy atom. The summed E-state index contributed by atoms with van der Waals surface area (Å²) in [6, 6.07) is 11.3. The summed E-state index contributed by atoms with van der Waals surface area (Å²) < 4.78 is 47.3. The highest BCUT2D eigenvalue weighted by Crippen LogP contribution is 2.39. The van der Waals surface area contributed by atoms with Crippen molar-refractivity contribution in [3.05, 3.63) is 53.0 Å². The molecule has 0 radical (unpaired) electrons. The third-order valence-corrected chi connectivity index (χ3v) is 7.14. The predicted molar refractivity (Wildman–Crippen MR) is 115 cm³/mol. The summed E-state index contributed by atoms with van der Waals surface area (Å²) in [4.78, 5) is 23.5. The highest BCUT2D eigenvalue weighted by molar-refractivity contribution is 7.23. The second kappa shape index (κ2) is 7.85. The van der Waals surface area contributed by atoms with Gasteiger partial charge in [-0.3, -0.25) is 9.69 Å². The Bertz CT molecular complexity index is 1230. The number of carbonyl (C=O) groups is 1. The lowest BCUT2D eigenvalue weighted by Gasteiger charge is -2.22. The van der Waals surface area contributed by atoms with E-state index in [1.165, 1.54) is 22.3 Å². The summed E-state index contributed by atoms with van der Waals surface area (Å²) in [6.45, 7) is 0.821. The second-order valence-corrected chi connectivity index (χ2v) is 9.22. The topological polar surface area (TPSA) is 55.3 Å². The van der Waals surface area contributed by atoms with Crippen LogP contribution in [0.3, 0.4) is 0 Å². The zero-order valence-corrected chi connectivity index (χ0v) is 17.7. The van der Waals surface area contributed by atoms with Crippen molar-refractivity contribution in [2.24, 2.45) is 0 Å². The van der Waals surface area contributed by atoms with Crippen molar-refractivity contribution in [1.82, 2.24) is 9.97 Å². The van der Waals surface area contributed by atoms with Crippen molar-refractivity contribution in [2.75, 3.05) is 18.1 Å². The van der Waals surface area contributed by atoms with Crippen LogP contribution in [-0.2, 0) is 10.9 Å². The number of rotatable bonds is 4. The van der Waals surface area contributed by atoms with Gasteiger partial charge in [-0.25, -0.2) is 9.97 Å². The number of hydrogen-bond donors (Lipinski definition) is 0. The second-order valence-electron chi connectivity index (χ2n) is 7.18. The van der Waals surface area contributed by atoms with Gasteiger partial charge in [0.05, 0.1) is 38.6 Å². The lowest BCUT2D eigenvalue weighted by molar-refractivity contribution is -0.136. The summed E-state index contributed by atoms with van der Waals surface area (Å²) in [5.41, 5.74) is -0.252. The molecule has 0 saturated carbocycles. The van der Waals surface area contributed by atoms with Crippen LogP contribution in [-0.4, -0.2) is 35.1 Å². The van der Waals surface area contributed by atoms with E-state index in [1.807, 2.05) is 24.3 Å². The average molecular weight is 464 g/mol. The van der Waals surface area contributed by atoms with Gasteiger partial charge >= 0.3 is 6.18 Å². The summed E-state index contributed by atoms with van der Waals surface area (Å²) in [6.07, 6.45) is -3.05. The largest absolute Gasteiger partial charge is 0.418 e. The molecule has 5 nitrogen and oxygen atoms in total. The van der Waals surface area contributed by atoms with Gasteiger partial charge in [0, 0.05) is 6.61 Å². The highest BCUT2D eigenvalue weighted by Gasteiger charge is 2.35. The van der Waals surface area contributed by atoms with Gasteiger partial charge in [-0.15, -0.1) is 11.3 Å². The number of carbonyl (C=O) groups excluding carboxylic acids is 1. The molecule has 1 amide bonds. The number of alkyl halides is 3. The number of ether oxygens (including phenoxy) is 1. The van der Waals surface area contributed by atoms with Crippen LogP contribution in [0.15, 0.2) is 42.5 Å². The van der Waals surface area contributed by atoms with E-state index in [2.05, 4.69) is 9.97 Å². The molecule has 2 aromatic carbocycles. The summed E-state index contributed by atoms with van der Waals surface area (Å²) >= 11 is 2.32. The van der Waals surface area contributed by atoms with Crippen LogP contribution >= 0.6 is 22.7 Å². The molecule has 0 bridgehead atoms.